The van der Waals surface area contributed by atoms with Gasteiger partial charge in [0.05, 0.1) is 32.5 Å². The Hall–Kier alpha value is -1.97. The Balaban J connectivity index is 1.38. The van der Waals surface area contributed by atoms with E-state index < -0.39 is 41.3 Å². The normalized spacial score (nSPS) is 33.5. The second-order valence-electron chi connectivity index (χ2n) is 12.3. The fourth-order valence-electron chi connectivity index (χ4n) is 5.34. The Morgan fingerprint density at radius 3 is 2.45 bits per heavy atom. The van der Waals surface area contributed by atoms with Crippen molar-refractivity contribution in [3.8, 4) is 5.75 Å². The Morgan fingerprint density at radius 1 is 1.13 bits per heavy atom. The van der Waals surface area contributed by atoms with Gasteiger partial charge in [0.15, 0.2) is 11.4 Å². The van der Waals surface area contributed by atoms with Gasteiger partial charge in [-0.3, -0.25) is 0 Å². The summed E-state index contributed by atoms with van der Waals surface area (Å²) < 4.78 is 35.8. The van der Waals surface area contributed by atoms with E-state index in [0.29, 0.717) is 26.1 Å². The molecular formula is C30H44O8. The summed E-state index contributed by atoms with van der Waals surface area (Å²) >= 11 is 0. The second-order valence-corrected chi connectivity index (χ2v) is 12.3. The molecule has 3 aliphatic rings. The number of aliphatic hydroxyl groups excluding tert-OH is 1. The van der Waals surface area contributed by atoms with Crippen LogP contribution in [0.15, 0.2) is 35.9 Å². The van der Waals surface area contributed by atoms with Crippen molar-refractivity contribution >= 4 is 5.97 Å². The van der Waals surface area contributed by atoms with Gasteiger partial charge < -0.3 is 33.5 Å². The van der Waals surface area contributed by atoms with Crippen LogP contribution in [0.4, 0.5) is 0 Å². The van der Waals surface area contributed by atoms with E-state index in [9.17, 15) is 9.90 Å². The van der Waals surface area contributed by atoms with Gasteiger partial charge in [-0.25, -0.2) is 4.79 Å². The summed E-state index contributed by atoms with van der Waals surface area (Å²) in [6.45, 7) is 12.6. The minimum absolute atomic E-state index is 0.0969. The molecule has 0 aromatic heterocycles. The van der Waals surface area contributed by atoms with Gasteiger partial charge in [-0.1, -0.05) is 45.4 Å². The molecule has 4 rings (SSSR count). The van der Waals surface area contributed by atoms with E-state index in [1.165, 1.54) is 5.57 Å². The minimum Gasteiger partial charge on any atom is -0.497 e. The average molecular weight is 533 g/mol. The van der Waals surface area contributed by atoms with Crippen LogP contribution in [0.5, 0.6) is 5.75 Å². The highest BCUT2D eigenvalue weighted by Gasteiger charge is 2.58. The fourth-order valence-corrected chi connectivity index (χ4v) is 5.34. The number of esters is 1. The number of hydrogen-bond acceptors (Lipinski definition) is 8. The summed E-state index contributed by atoms with van der Waals surface area (Å²) in [6.07, 6.45) is 2.21. The van der Waals surface area contributed by atoms with Crippen molar-refractivity contribution in [2.75, 3.05) is 13.7 Å². The molecule has 1 aromatic rings. The molecule has 1 aromatic carbocycles. The van der Waals surface area contributed by atoms with Crippen molar-refractivity contribution in [2.24, 2.45) is 11.3 Å². The number of methoxy groups -OCH3 is 1. The van der Waals surface area contributed by atoms with Crippen LogP contribution in [-0.4, -0.2) is 60.8 Å². The lowest BCUT2D eigenvalue weighted by molar-refractivity contribution is -0.304. The zero-order chi connectivity index (χ0) is 27.7. The Morgan fingerprint density at radius 2 is 1.82 bits per heavy atom. The molecule has 0 aliphatic carbocycles. The summed E-state index contributed by atoms with van der Waals surface area (Å²) in [6, 6.07) is 7.85. The van der Waals surface area contributed by atoms with E-state index in [2.05, 4.69) is 13.8 Å². The molecular weight excluding hydrogens is 488 g/mol. The predicted octanol–water partition coefficient (Wildman–Crippen LogP) is 4.91. The van der Waals surface area contributed by atoms with Crippen molar-refractivity contribution in [2.45, 2.75) is 110 Å². The minimum atomic E-state index is -1.50. The summed E-state index contributed by atoms with van der Waals surface area (Å²) in [7, 11) is 1.65. The summed E-state index contributed by atoms with van der Waals surface area (Å²) in [5.74, 6) is -0.574. The molecule has 0 amide bonds. The SMILES string of the molecule is COc1ccc(COC[C@@H](C)[C@@H]2CC(C)=C[C@]3(CCC[C@@H]([C@@H](O)[C@@]4(C)O[C@H](C(C)(C)C)OC4=O)O3)O2)cc1. The third-order valence-electron chi connectivity index (χ3n) is 7.74. The Bertz CT molecular complexity index is 999. The standard InChI is InChI=1S/C30H44O8/c1-19-15-24(20(2)17-34-18-21-10-12-22(33-7)13-11-21)37-30(16-19)14-8-9-23(36-30)25(31)29(6)26(32)35-27(38-29)28(3,4)5/h10-13,16,20,23-25,27,31H,8-9,14-15,17-18H2,1-7H3/t20-,23+,24+,25-,27-,29-,30+/m1/s1. The molecule has 8 nitrogen and oxygen atoms in total. The molecule has 0 saturated carbocycles. The number of carbonyl (C=O) groups excluding carboxylic acids is 1. The molecule has 2 saturated heterocycles. The molecule has 212 valence electrons. The smallest absolute Gasteiger partial charge is 0.343 e. The molecule has 0 radical (unpaired) electrons. The van der Waals surface area contributed by atoms with Crippen molar-refractivity contribution < 1.29 is 38.3 Å². The highest BCUT2D eigenvalue weighted by molar-refractivity contribution is 5.81. The highest BCUT2D eigenvalue weighted by atomic mass is 16.8. The van der Waals surface area contributed by atoms with Gasteiger partial charge in [0, 0.05) is 17.8 Å². The van der Waals surface area contributed by atoms with Crippen LogP contribution in [0.3, 0.4) is 0 Å². The molecule has 38 heavy (non-hydrogen) atoms. The van der Waals surface area contributed by atoms with E-state index in [-0.39, 0.29) is 12.0 Å². The van der Waals surface area contributed by atoms with E-state index in [0.717, 1.165) is 24.2 Å². The maximum Gasteiger partial charge on any atom is 0.343 e. The topological polar surface area (TPSA) is 92.7 Å². The van der Waals surface area contributed by atoms with Gasteiger partial charge >= 0.3 is 5.97 Å². The zero-order valence-electron chi connectivity index (χ0n) is 23.8. The maximum absolute atomic E-state index is 12.8. The quantitative estimate of drug-likeness (QED) is 0.373. The number of benzene rings is 1. The molecule has 0 bridgehead atoms. The fraction of sp³-hybridized carbons (Fsp3) is 0.700. The maximum atomic E-state index is 12.8. The molecule has 8 heteroatoms. The van der Waals surface area contributed by atoms with Crippen molar-refractivity contribution in [3.05, 3.63) is 41.5 Å². The largest absolute Gasteiger partial charge is 0.497 e. The third-order valence-corrected chi connectivity index (χ3v) is 7.74. The van der Waals surface area contributed by atoms with Crippen LogP contribution in [0.2, 0.25) is 0 Å². The van der Waals surface area contributed by atoms with Crippen LogP contribution < -0.4 is 4.74 Å². The van der Waals surface area contributed by atoms with Crippen molar-refractivity contribution in [1.82, 2.24) is 0 Å². The molecule has 7 atom stereocenters. The van der Waals surface area contributed by atoms with Gasteiger partial charge in [0.25, 0.3) is 0 Å². The molecule has 3 aliphatic heterocycles. The monoisotopic (exact) mass is 532 g/mol. The Labute approximate surface area is 226 Å². The van der Waals surface area contributed by atoms with Gasteiger partial charge in [0.2, 0.25) is 6.29 Å². The van der Waals surface area contributed by atoms with Gasteiger partial charge in [0.1, 0.15) is 11.9 Å². The number of aliphatic hydroxyl groups is 1. The first kappa shape index (κ1) is 29.0. The van der Waals surface area contributed by atoms with Crippen molar-refractivity contribution in [3.63, 3.8) is 0 Å². The first-order chi connectivity index (χ1) is 17.8. The van der Waals surface area contributed by atoms with Crippen LogP contribution in [0.1, 0.15) is 72.8 Å². The van der Waals surface area contributed by atoms with E-state index in [1.54, 1.807) is 14.0 Å². The van der Waals surface area contributed by atoms with Crippen LogP contribution in [0, 0.1) is 11.3 Å². The van der Waals surface area contributed by atoms with E-state index in [1.807, 2.05) is 51.1 Å². The molecule has 2 fully saturated rings. The molecule has 1 spiro atoms. The number of cyclic esters (lactones) is 1. The van der Waals surface area contributed by atoms with Gasteiger partial charge in [-0.05, 0) is 56.9 Å². The molecule has 1 N–H and O–H groups in total. The highest BCUT2D eigenvalue weighted by Crippen LogP contribution is 2.43. The average Bonchev–Trinajstić information content (AvgIpc) is 3.19. The number of hydrogen-bond donors (Lipinski definition) is 1. The lowest BCUT2D eigenvalue weighted by Gasteiger charge is -2.47. The number of carbonyl (C=O) groups is 1. The summed E-state index contributed by atoms with van der Waals surface area (Å²) in [5, 5.41) is 11.3. The molecule has 0 unspecified atom stereocenters. The lowest BCUT2D eigenvalue weighted by atomic mass is 9.86. The van der Waals surface area contributed by atoms with E-state index >= 15 is 0 Å². The second kappa shape index (κ2) is 11.3. The third kappa shape index (κ3) is 6.26. The first-order valence-corrected chi connectivity index (χ1v) is 13.7. The summed E-state index contributed by atoms with van der Waals surface area (Å²) in [5.41, 5.74) is 0.343. The zero-order valence-corrected chi connectivity index (χ0v) is 23.8. The predicted molar refractivity (Wildman–Crippen MR) is 141 cm³/mol. The lowest BCUT2D eigenvalue weighted by Crippen LogP contribution is -2.57. The van der Waals surface area contributed by atoms with Crippen molar-refractivity contribution in [1.29, 1.82) is 0 Å². The van der Waals surface area contributed by atoms with Gasteiger partial charge in [-0.2, -0.15) is 0 Å². The number of rotatable bonds is 8. The number of ether oxygens (including phenoxy) is 6. The first-order valence-electron chi connectivity index (χ1n) is 13.7. The van der Waals surface area contributed by atoms with E-state index in [4.69, 9.17) is 28.4 Å². The van der Waals surface area contributed by atoms with Crippen LogP contribution >= 0.6 is 0 Å². The molecule has 3 heterocycles. The Kier molecular flexibility index (Phi) is 8.60. The van der Waals surface area contributed by atoms with Gasteiger partial charge in [-0.15, -0.1) is 0 Å². The van der Waals surface area contributed by atoms with Crippen LogP contribution in [0.25, 0.3) is 0 Å². The summed E-state index contributed by atoms with van der Waals surface area (Å²) in [4.78, 5) is 12.8. The van der Waals surface area contributed by atoms with Crippen LogP contribution in [-0.2, 0) is 35.1 Å².